The Balaban J connectivity index is 2.35. The lowest BCUT2D eigenvalue weighted by Crippen LogP contribution is -2.45. The van der Waals surface area contributed by atoms with E-state index in [0.717, 1.165) is 25.7 Å². The number of hydrogen-bond acceptors (Lipinski definition) is 3. The second-order valence-electron chi connectivity index (χ2n) is 6.51. The summed E-state index contributed by atoms with van der Waals surface area (Å²) in [5.74, 6) is 0.188. The van der Waals surface area contributed by atoms with Gasteiger partial charge in [0.1, 0.15) is 5.60 Å². The molecule has 1 fully saturated rings. The molecule has 2 amide bonds. The Labute approximate surface area is 122 Å². The number of rotatable bonds is 3. The molecule has 5 heteroatoms. The first kappa shape index (κ1) is 16.8. The predicted octanol–water partition coefficient (Wildman–Crippen LogP) is 2.69. The van der Waals surface area contributed by atoms with Crippen molar-refractivity contribution in [2.75, 3.05) is 7.05 Å². The fraction of sp³-hybridized carbons (Fsp3) is 0.867. The highest BCUT2D eigenvalue weighted by Gasteiger charge is 2.27. The van der Waals surface area contributed by atoms with Gasteiger partial charge in [-0.2, -0.15) is 0 Å². The van der Waals surface area contributed by atoms with Gasteiger partial charge in [-0.1, -0.05) is 6.92 Å². The molecule has 0 atom stereocenters. The second kappa shape index (κ2) is 6.95. The molecular weight excluding hydrogens is 256 g/mol. The largest absolute Gasteiger partial charge is 0.444 e. The zero-order valence-corrected chi connectivity index (χ0v) is 13.4. The average Bonchev–Trinajstić information content (AvgIpc) is 2.35. The van der Waals surface area contributed by atoms with Crippen LogP contribution in [0.2, 0.25) is 0 Å². The van der Waals surface area contributed by atoms with Gasteiger partial charge < -0.3 is 15.0 Å². The molecule has 0 bridgehead atoms. The summed E-state index contributed by atoms with van der Waals surface area (Å²) >= 11 is 0. The highest BCUT2D eigenvalue weighted by atomic mass is 16.6. The molecule has 0 spiro atoms. The van der Waals surface area contributed by atoms with Crippen molar-refractivity contribution in [1.82, 2.24) is 10.2 Å². The number of carbonyl (C=O) groups is 2. The van der Waals surface area contributed by atoms with Gasteiger partial charge in [-0.15, -0.1) is 0 Å². The number of carbonyl (C=O) groups excluding carboxylic acids is 2. The van der Waals surface area contributed by atoms with Crippen LogP contribution >= 0.6 is 0 Å². The molecule has 1 saturated carbocycles. The molecule has 0 aliphatic heterocycles. The number of hydrogen-bond donors (Lipinski definition) is 1. The molecule has 1 aliphatic carbocycles. The van der Waals surface area contributed by atoms with Crippen molar-refractivity contribution in [2.45, 2.75) is 77.5 Å². The van der Waals surface area contributed by atoms with Crippen molar-refractivity contribution >= 4 is 12.0 Å². The molecular formula is C15H28N2O3. The van der Waals surface area contributed by atoms with Crippen LogP contribution in [0.3, 0.4) is 0 Å². The summed E-state index contributed by atoms with van der Waals surface area (Å²) in [5.41, 5.74) is -0.463. The van der Waals surface area contributed by atoms with Crippen molar-refractivity contribution in [3.05, 3.63) is 0 Å². The Kier molecular flexibility index (Phi) is 5.84. The lowest BCUT2D eigenvalue weighted by molar-refractivity contribution is -0.132. The molecule has 0 aromatic carbocycles. The van der Waals surface area contributed by atoms with Gasteiger partial charge in [-0.3, -0.25) is 4.79 Å². The van der Waals surface area contributed by atoms with Crippen LogP contribution in [0.15, 0.2) is 0 Å². The average molecular weight is 284 g/mol. The molecule has 0 aromatic rings. The van der Waals surface area contributed by atoms with Crippen molar-refractivity contribution < 1.29 is 14.3 Å². The minimum atomic E-state index is -0.463. The first-order valence-corrected chi connectivity index (χ1v) is 7.48. The van der Waals surface area contributed by atoms with Crippen molar-refractivity contribution in [3.8, 4) is 0 Å². The third kappa shape index (κ3) is 5.39. The molecule has 0 radical (unpaired) electrons. The summed E-state index contributed by atoms with van der Waals surface area (Å²) in [4.78, 5) is 25.2. The number of nitrogens with one attached hydrogen (secondary N) is 1. The molecule has 1 rings (SSSR count). The molecule has 0 heterocycles. The van der Waals surface area contributed by atoms with E-state index >= 15 is 0 Å². The summed E-state index contributed by atoms with van der Waals surface area (Å²) in [6.45, 7) is 7.45. The van der Waals surface area contributed by atoms with E-state index in [2.05, 4.69) is 5.32 Å². The van der Waals surface area contributed by atoms with Gasteiger partial charge in [-0.05, 0) is 46.5 Å². The van der Waals surface area contributed by atoms with E-state index in [9.17, 15) is 9.59 Å². The fourth-order valence-corrected chi connectivity index (χ4v) is 2.53. The van der Waals surface area contributed by atoms with E-state index in [0.29, 0.717) is 12.5 Å². The monoisotopic (exact) mass is 284 g/mol. The number of ether oxygens (including phenoxy) is 1. The van der Waals surface area contributed by atoms with Gasteiger partial charge in [0, 0.05) is 25.6 Å². The van der Waals surface area contributed by atoms with Gasteiger partial charge in [0.05, 0.1) is 0 Å². The van der Waals surface area contributed by atoms with Gasteiger partial charge in [0.15, 0.2) is 0 Å². The first-order chi connectivity index (χ1) is 9.23. The molecule has 0 aromatic heterocycles. The SMILES string of the molecule is CCC(=O)N(C)C1CCC(NC(=O)OC(C)(C)C)CC1. The van der Waals surface area contributed by atoms with Crippen LogP contribution in [0.25, 0.3) is 0 Å². The third-order valence-electron chi connectivity index (χ3n) is 3.66. The number of nitrogens with zero attached hydrogens (tertiary/aromatic N) is 1. The van der Waals surface area contributed by atoms with Crippen LogP contribution in [-0.4, -0.2) is 41.6 Å². The molecule has 20 heavy (non-hydrogen) atoms. The van der Waals surface area contributed by atoms with Gasteiger partial charge in [0.25, 0.3) is 0 Å². The Morgan fingerprint density at radius 2 is 1.75 bits per heavy atom. The highest BCUT2D eigenvalue weighted by molar-refractivity contribution is 5.75. The van der Waals surface area contributed by atoms with E-state index in [1.807, 2.05) is 39.6 Å². The van der Waals surface area contributed by atoms with E-state index in [-0.39, 0.29) is 18.0 Å². The van der Waals surface area contributed by atoms with Crippen LogP contribution in [0, 0.1) is 0 Å². The van der Waals surface area contributed by atoms with Crippen LogP contribution in [0.1, 0.15) is 59.8 Å². The minimum Gasteiger partial charge on any atom is -0.444 e. The van der Waals surface area contributed by atoms with Gasteiger partial charge in [0.2, 0.25) is 5.91 Å². The van der Waals surface area contributed by atoms with Crippen molar-refractivity contribution in [2.24, 2.45) is 0 Å². The summed E-state index contributed by atoms with van der Waals surface area (Å²) < 4.78 is 5.26. The lowest BCUT2D eigenvalue weighted by Gasteiger charge is -2.35. The minimum absolute atomic E-state index is 0.159. The highest BCUT2D eigenvalue weighted by Crippen LogP contribution is 2.23. The molecule has 1 aliphatic rings. The topological polar surface area (TPSA) is 58.6 Å². The third-order valence-corrected chi connectivity index (χ3v) is 3.66. The summed E-state index contributed by atoms with van der Waals surface area (Å²) in [7, 11) is 1.87. The Hall–Kier alpha value is -1.26. The van der Waals surface area contributed by atoms with Gasteiger partial charge in [-0.25, -0.2) is 4.79 Å². The second-order valence-corrected chi connectivity index (χ2v) is 6.51. The maximum atomic E-state index is 11.7. The maximum Gasteiger partial charge on any atom is 0.407 e. The standard InChI is InChI=1S/C15H28N2O3/c1-6-13(18)17(5)12-9-7-11(8-10-12)16-14(19)20-15(2,3)4/h11-12H,6-10H2,1-5H3,(H,16,19). The molecule has 1 N–H and O–H groups in total. The fourth-order valence-electron chi connectivity index (χ4n) is 2.53. The smallest absolute Gasteiger partial charge is 0.407 e. The Morgan fingerprint density at radius 3 is 2.20 bits per heavy atom. The number of alkyl carbamates (subject to hydrolysis) is 1. The predicted molar refractivity (Wildman–Crippen MR) is 78.5 cm³/mol. The van der Waals surface area contributed by atoms with E-state index in [4.69, 9.17) is 4.74 Å². The molecule has 5 nitrogen and oxygen atoms in total. The number of amides is 2. The van der Waals surface area contributed by atoms with E-state index in [1.165, 1.54) is 0 Å². The first-order valence-electron chi connectivity index (χ1n) is 7.48. The Bertz CT molecular complexity index is 342. The summed E-state index contributed by atoms with van der Waals surface area (Å²) in [6.07, 6.45) is 3.85. The van der Waals surface area contributed by atoms with Crippen LogP contribution in [0.5, 0.6) is 0 Å². The summed E-state index contributed by atoms with van der Waals surface area (Å²) in [5, 5.41) is 2.91. The van der Waals surface area contributed by atoms with Crippen LogP contribution < -0.4 is 5.32 Å². The lowest BCUT2D eigenvalue weighted by atomic mass is 9.90. The van der Waals surface area contributed by atoms with Crippen LogP contribution in [-0.2, 0) is 9.53 Å². The van der Waals surface area contributed by atoms with Gasteiger partial charge >= 0.3 is 6.09 Å². The van der Waals surface area contributed by atoms with Crippen molar-refractivity contribution in [1.29, 1.82) is 0 Å². The molecule has 0 saturated heterocycles. The zero-order valence-electron chi connectivity index (χ0n) is 13.4. The zero-order chi connectivity index (χ0) is 15.3. The van der Waals surface area contributed by atoms with Crippen LogP contribution in [0.4, 0.5) is 4.79 Å². The Morgan fingerprint density at radius 1 is 1.20 bits per heavy atom. The molecule has 0 unspecified atom stereocenters. The quantitative estimate of drug-likeness (QED) is 0.867. The van der Waals surface area contributed by atoms with Crippen molar-refractivity contribution in [3.63, 3.8) is 0 Å². The van der Waals surface area contributed by atoms with E-state index in [1.54, 1.807) is 0 Å². The molecule has 116 valence electrons. The maximum absolute atomic E-state index is 11.7. The normalized spacial score (nSPS) is 23.1. The summed E-state index contributed by atoms with van der Waals surface area (Å²) in [6, 6.07) is 0.463. The van der Waals surface area contributed by atoms with E-state index < -0.39 is 5.60 Å².